The molecule has 15 heavy (non-hydrogen) atoms. The van der Waals surface area contributed by atoms with Crippen molar-refractivity contribution < 1.29 is 14.6 Å². The van der Waals surface area contributed by atoms with Crippen LogP contribution in [0.15, 0.2) is 0 Å². The molecule has 4 heteroatoms. The van der Waals surface area contributed by atoms with Crippen LogP contribution < -0.4 is 0 Å². The van der Waals surface area contributed by atoms with Crippen LogP contribution in [0.25, 0.3) is 0 Å². The third kappa shape index (κ3) is 3.14. The summed E-state index contributed by atoms with van der Waals surface area (Å²) in [6.07, 6.45) is 1.86. The Balaban J connectivity index is 1.74. The second-order valence-corrected chi connectivity index (χ2v) is 4.98. The van der Waals surface area contributed by atoms with Gasteiger partial charge in [0.05, 0.1) is 18.8 Å². The molecule has 0 aromatic carbocycles. The smallest absolute Gasteiger partial charge is 0.163 e. The van der Waals surface area contributed by atoms with Crippen molar-refractivity contribution >= 4 is 0 Å². The molecule has 0 amide bonds. The predicted octanol–water partition coefficient (Wildman–Crippen LogP) is 0.595. The van der Waals surface area contributed by atoms with Gasteiger partial charge in [0.25, 0.3) is 0 Å². The second kappa shape index (κ2) is 4.37. The van der Waals surface area contributed by atoms with Gasteiger partial charge in [-0.15, -0.1) is 0 Å². The van der Waals surface area contributed by atoms with Gasteiger partial charge in [-0.25, -0.2) is 0 Å². The number of hydrogen-bond donors (Lipinski definition) is 1. The van der Waals surface area contributed by atoms with E-state index in [2.05, 4.69) is 4.90 Å². The highest BCUT2D eigenvalue weighted by Gasteiger charge is 2.34. The molecular weight excluding hydrogens is 194 g/mol. The van der Waals surface area contributed by atoms with Crippen molar-refractivity contribution in [1.29, 1.82) is 0 Å². The second-order valence-electron chi connectivity index (χ2n) is 4.98. The number of aliphatic hydroxyl groups is 1. The molecule has 0 radical (unpaired) electrons. The van der Waals surface area contributed by atoms with E-state index in [0.717, 1.165) is 32.5 Å². The molecule has 4 nitrogen and oxygen atoms in total. The highest BCUT2D eigenvalue weighted by Crippen LogP contribution is 2.23. The first-order valence-corrected chi connectivity index (χ1v) is 5.77. The van der Waals surface area contributed by atoms with Gasteiger partial charge in [0.2, 0.25) is 0 Å². The lowest BCUT2D eigenvalue weighted by molar-refractivity contribution is -0.141. The molecule has 0 aromatic rings. The van der Waals surface area contributed by atoms with Gasteiger partial charge in [-0.2, -0.15) is 0 Å². The van der Waals surface area contributed by atoms with E-state index < -0.39 is 5.79 Å². The van der Waals surface area contributed by atoms with Crippen LogP contribution in [0.5, 0.6) is 0 Å². The van der Waals surface area contributed by atoms with Crippen LogP contribution >= 0.6 is 0 Å². The van der Waals surface area contributed by atoms with Gasteiger partial charge in [0.15, 0.2) is 5.79 Å². The molecule has 0 aromatic heterocycles. The van der Waals surface area contributed by atoms with Crippen LogP contribution in [-0.2, 0) is 9.47 Å². The standard InChI is InChI=1S/C11H21NO3/c1-11(2)14-8-10(15-11)7-12-5-3-9(13)4-6-12/h9-10,13H,3-8H2,1-2H3. The fourth-order valence-electron chi connectivity index (χ4n) is 2.24. The number of ether oxygens (including phenoxy) is 2. The van der Waals surface area contributed by atoms with Crippen LogP contribution in [0.3, 0.4) is 0 Å². The van der Waals surface area contributed by atoms with Crippen LogP contribution in [0.2, 0.25) is 0 Å². The maximum atomic E-state index is 9.39. The molecule has 88 valence electrons. The molecule has 1 atom stereocenters. The van der Waals surface area contributed by atoms with Crippen molar-refractivity contribution in [2.75, 3.05) is 26.2 Å². The minimum Gasteiger partial charge on any atom is -0.393 e. The summed E-state index contributed by atoms with van der Waals surface area (Å²) in [7, 11) is 0. The topological polar surface area (TPSA) is 41.9 Å². The Morgan fingerprint density at radius 1 is 1.33 bits per heavy atom. The summed E-state index contributed by atoms with van der Waals surface area (Å²) >= 11 is 0. The maximum absolute atomic E-state index is 9.39. The molecule has 0 bridgehead atoms. The summed E-state index contributed by atoms with van der Waals surface area (Å²) in [4.78, 5) is 2.35. The van der Waals surface area contributed by atoms with E-state index >= 15 is 0 Å². The Labute approximate surface area is 91.2 Å². The number of rotatable bonds is 2. The van der Waals surface area contributed by atoms with E-state index in [9.17, 15) is 5.11 Å². The van der Waals surface area contributed by atoms with E-state index in [1.165, 1.54) is 0 Å². The van der Waals surface area contributed by atoms with Gasteiger partial charge in [-0.3, -0.25) is 0 Å². The zero-order chi connectivity index (χ0) is 10.9. The highest BCUT2D eigenvalue weighted by molar-refractivity contribution is 4.78. The van der Waals surface area contributed by atoms with E-state index in [-0.39, 0.29) is 12.2 Å². The third-order valence-electron chi connectivity index (χ3n) is 3.09. The average molecular weight is 215 g/mol. The van der Waals surface area contributed by atoms with Gasteiger partial charge >= 0.3 is 0 Å². The molecule has 2 rings (SSSR count). The molecular formula is C11H21NO3. The normalized spacial score (nSPS) is 33.4. The van der Waals surface area contributed by atoms with Crippen LogP contribution in [0.1, 0.15) is 26.7 Å². The number of hydrogen-bond acceptors (Lipinski definition) is 4. The predicted molar refractivity (Wildman–Crippen MR) is 56.6 cm³/mol. The molecule has 2 heterocycles. The Morgan fingerprint density at radius 3 is 2.53 bits per heavy atom. The van der Waals surface area contributed by atoms with Crippen molar-refractivity contribution in [3.63, 3.8) is 0 Å². The molecule has 2 saturated heterocycles. The lowest BCUT2D eigenvalue weighted by Gasteiger charge is -2.31. The molecule has 2 aliphatic rings. The van der Waals surface area contributed by atoms with Gasteiger partial charge in [-0.1, -0.05) is 0 Å². The average Bonchev–Trinajstić information content (AvgIpc) is 2.50. The molecule has 2 fully saturated rings. The Kier molecular flexibility index (Phi) is 3.30. The van der Waals surface area contributed by atoms with Gasteiger partial charge in [0, 0.05) is 19.6 Å². The molecule has 2 aliphatic heterocycles. The largest absolute Gasteiger partial charge is 0.393 e. The molecule has 1 unspecified atom stereocenters. The first-order chi connectivity index (χ1) is 7.05. The Bertz CT molecular complexity index is 212. The Morgan fingerprint density at radius 2 is 2.00 bits per heavy atom. The third-order valence-corrected chi connectivity index (χ3v) is 3.09. The summed E-state index contributed by atoms with van der Waals surface area (Å²) in [5, 5.41) is 9.39. The quantitative estimate of drug-likeness (QED) is 0.732. The molecule has 0 spiro atoms. The summed E-state index contributed by atoms with van der Waals surface area (Å²) in [5.41, 5.74) is 0. The van der Waals surface area contributed by atoms with Crippen molar-refractivity contribution in [2.24, 2.45) is 0 Å². The minimum atomic E-state index is -0.417. The number of nitrogens with zero attached hydrogens (tertiary/aromatic N) is 1. The summed E-state index contributed by atoms with van der Waals surface area (Å²) in [5.74, 6) is -0.417. The number of likely N-dealkylation sites (tertiary alicyclic amines) is 1. The lowest BCUT2D eigenvalue weighted by Crippen LogP contribution is -2.41. The summed E-state index contributed by atoms with van der Waals surface area (Å²) < 4.78 is 11.3. The van der Waals surface area contributed by atoms with Crippen molar-refractivity contribution in [2.45, 2.75) is 44.7 Å². The van der Waals surface area contributed by atoms with Gasteiger partial charge in [0.1, 0.15) is 0 Å². The van der Waals surface area contributed by atoms with E-state index in [1.54, 1.807) is 0 Å². The van der Waals surface area contributed by atoms with E-state index in [4.69, 9.17) is 9.47 Å². The van der Waals surface area contributed by atoms with Crippen LogP contribution in [0.4, 0.5) is 0 Å². The summed E-state index contributed by atoms with van der Waals surface area (Å²) in [6, 6.07) is 0. The fraction of sp³-hybridized carbons (Fsp3) is 1.00. The fourth-order valence-corrected chi connectivity index (χ4v) is 2.24. The van der Waals surface area contributed by atoms with Crippen molar-refractivity contribution in [3.05, 3.63) is 0 Å². The van der Waals surface area contributed by atoms with Crippen molar-refractivity contribution in [1.82, 2.24) is 4.90 Å². The van der Waals surface area contributed by atoms with Gasteiger partial charge in [-0.05, 0) is 26.7 Å². The van der Waals surface area contributed by atoms with Crippen LogP contribution in [0, 0.1) is 0 Å². The first kappa shape index (κ1) is 11.3. The minimum absolute atomic E-state index is 0.0987. The van der Waals surface area contributed by atoms with Crippen molar-refractivity contribution in [3.8, 4) is 0 Å². The molecule has 0 aliphatic carbocycles. The lowest BCUT2D eigenvalue weighted by atomic mass is 10.1. The number of piperidine rings is 1. The van der Waals surface area contributed by atoms with Gasteiger partial charge < -0.3 is 19.5 Å². The van der Waals surface area contributed by atoms with E-state index in [1.807, 2.05) is 13.8 Å². The monoisotopic (exact) mass is 215 g/mol. The zero-order valence-electron chi connectivity index (χ0n) is 9.61. The summed E-state index contributed by atoms with van der Waals surface area (Å²) in [6.45, 7) is 7.46. The van der Waals surface area contributed by atoms with E-state index in [0.29, 0.717) is 6.61 Å². The highest BCUT2D eigenvalue weighted by atomic mass is 16.7. The Hall–Kier alpha value is -0.160. The number of aliphatic hydroxyl groups excluding tert-OH is 1. The SMILES string of the molecule is CC1(C)OCC(CN2CCC(O)CC2)O1. The maximum Gasteiger partial charge on any atom is 0.163 e. The zero-order valence-corrected chi connectivity index (χ0v) is 9.61. The van der Waals surface area contributed by atoms with Crippen LogP contribution in [-0.4, -0.2) is 54.2 Å². The first-order valence-electron chi connectivity index (χ1n) is 5.77. The molecule has 0 saturated carbocycles. The molecule has 1 N–H and O–H groups in total.